The zero-order valence-corrected chi connectivity index (χ0v) is 12.1. The van der Waals surface area contributed by atoms with Crippen LogP contribution in [-0.2, 0) is 9.53 Å². The lowest BCUT2D eigenvalue weighted by atomic mass is 9.79. The zero-order valence-electron chi connectivity index (χ0n) is 12.1. The van der Waals surface area contributed by atoms with Crippen molar-refractivity contribution in [2.45, 2.75) is 26.2 Å². The van der Waals surface area contributed by atoms with E-state index in [1.54, 1.807) is 0 Å². The average Bonchev–Trinajstić information content (AvgIpc) is 2.39. The second-order valence-electron chi connectivity index (χ2n) is 5.37. The first-order chi connectivity index (χ1) is 9.13. The van der Waals surface area contributed by atoms with Gasteiger partial charge in [-0.3, -0.25) is 4.79 Å². The van der Waals surface area contributed by atoms with Gasteiger partial charge in [0.1, 0.15) is 0 Å². The van der Waals surface area contributed by atoms with E-state index in [1.807, 2.05) is 13.0 Å². The fourth-order valence-electron chi connectivity index (χ4n) is 2.96. The number of likely N-dealkylation sites (N-methyl/N-ethyl adjacent to an activating group) is 1. The molecule has 104 valence electrons. The Morgan fingerprint density at radius 2 is 2.16 bits per heavy atom. The second-order valence-corrected chi connectivity index (χ2v) is 5.37. The Hall–Kier alpha value is -1.35. The van der Waals surface area contributed by atoms with Gasteiger partial charge in [0.15, 0.2) is 0 Å². The molecule has 1 saturated heterocycles. The van der Waals surface area contributed by atoms with Crippen LogP contribution >= 0.6 is 0 Å². The first-order valence-electron chi connectivity index (χ1n) is 7.04. The van der Waals surface area contributed by atoms with Crippen LogP contribution in [0.3, 0.4) is 0 Å². The fourth-order valence-corrected chi connectivity index (χ4v) is 2.96. The molecule has 0 spiro atoms. The highest BCUT2D eigenvalue weighted by molar-refractivity contribution is 5.74. The molecule has 3 nitrogen and oxygen atoms in total. The molecule has 0 aromatic heterocycles. The molecule has 2 atom stereocenters. The van der Waals surface area contributed by atoms with Crippen molar-refractivity contribution in [3.63, 3.8) is 0 Å². The summed E-state index contributed by atoms with van der Waals surface area (Å²) in [7, 11) is 2.12. The zero-order chi connectivity index (χ0) is 13.8. The van der Waals surface area contributed by atoms with Crippen LogP contribution in [-0.4, -0.2) is 37.6 Å². The van der Waals surface area contributed by atoms with Gasteiger partial charge in [-0.05, 0) is 45.0 Å². The molecule has 1 fully saturated rings. The van der Waals surface area contributed by atoms with E-state index in [2.05, 4.69) is 37.1 Å². The molecule has 0 N–H and O–H groups in total. The summed E-state index contributed by atoms with van der Waals surface area (Å²) in [6.45, 7) is 6.34. The molecule has 2 rings (SSSR count). The predicted octanol–water partition coefficient (Wildman–Crippen LogP) is 2.59. The van der Waals surface area contributed by atoms with E-state index in [4.69, 9.17) is 4.74 Å². The van der Waals surface area contributed by atoms with E-state index in [0.29, 0.717) is 6.61 Å². The Balaban J connectivity index is 2.26. The normalized spacial score (nSPS) is 24.2. The van der Waals surface area contributed by atoms with Crippen LogP contribution in [0.5, 0.6) is 0 Å². The number of carbonyl (C=O) groups is 1. The number of piperidine rings is 1. The first-order valence-corrected chi connectivity index (χ1v) is 7.04. The highest BCUT2D eigenvalue weighted by atomic mass is 16.5. The lowest BCUT2D eigenvalue weighted by Crippen LogP contribution is -2.40. The first kappa shape index (κ1) is 14.1. The number of likely N-dealkylation sites (tertiary alicyclic amines) is 1. The maximum Gasteiger partial charge on any atom is 0.309 e. The Kier molecular flexibility index (Phi) is 4.59. The standard InChI is InChI=1S/C16H23NO2/c1-4-19-16(18)14-9-10-17(3)11-15(14)13-8-6-5-7-12(13)2/h5-8,14-15H,4,9-11H2,1-3H3. The van der Waals surface area contributed by atoms with E-state index in [1.165, 1.54) is 11.1 Å². The number of nitrogens with zero attached hydrogens (tertiary/aromatic N) is 1. The molecule has 1 aromatic carbocycles. The van der Waals surface area contributed by atoms with E-state index in [9.17, 15) is 4.79 Å². The molecule has 1 aromatic rings. The van der Waals surface area contributed by atoms with Gasteiger partial charge in [-0.2, -0.15) is 0 Å². The number of carbonyl (C=O) groups excluding carboxylic acids is 1. The summed E-state index contributed by atoms with van der Waals surface area (Å²) in [5.41, 5.74) is 2.55. The van der Waals surface area contributed by atoms with Gasteiger partial charge < -0.3 is 9.64 Å². The van der Waals surface area contributed by atoms with E-state index in [0.717, 1.165) is 19.5 Å². The smallest absolute Gasteiger partial charge is 0.309 e. The van der Waals surface area contributed by atoms with Gasteiger partial charge in [0.05, 0.1) is 12.5 Å². The van der Waals surface area contributed by atoms with Crippen LogP contribution in [0.25, 0.3) is 0 Å². The molecule has 2 unspecified atom stereocenters. The fraction of sp³-hybridized carbons (Fsp3) is 0.562. The van der Waals surface area contributed by atoms with Gasteiger partial charge >= 0.3 is 5.97 Å². The summed E-state index contributed by atoms with van der Waals surface area (Å²) in [5, 5.41) is 0. The Morgan fingerprint density at radius 1 is 1.42 bits per heavy atom. The summed E-state index contributed by atoms with van der Waals surface area (Å²) >= 11 is 0. The van der Waals surface area contributed by atoms with Crippen LogP contribution in [0, 0.1) is 12.8 Å². The van der Waals surface area contributed by atoms with Crippen molar-refractivity contribution in [1.82, 2.24) is 4.90 Å². The van der Waals surface area contributed by atoms with Gasteiger partial charge in [0.2, 0.25) is 0 Å². The van der Waals surface area contributed by atoms with Crippen molar-refractivity contribution < 1.29 is 9.53 Å². The van der Waals surface area contributed by atoms with E-state index < -0.39 is 0 Å². The third-order valence-corrected chi connectivity index (χ3v) is 3.99. The van der Waals surface area contributed by atoms with Crippen molar-refractivity contribution in [2.75, 3.05) is 26.7 Å². The molecule has 1 heterocycles. The van der Waals surface area contributed by atoms with Gasteiger partial charge in [0.25, 0.3) is 0 Å². The maximum atomic E-state index is 12.2. The number of esters is 1. The summed E-state index contributed by atoms with van der Waals surface area (Å²) in [6, 6.07) is 8.36. The minimum Gasteiger partial charge on any atom is -0.466 e. The van der Waals surface area contributed by atoms with Crippen LogP contribution in [0.2, 0.25) is 0 Å². The van der Waals surface area contributed by atoms with Crippen LogP contribution in [0.1, 0.15) is 30.4 Å². The van der Waals surface area contributed by atoms with E-state index >= 15 is 0 Å². The monoisotopic (exact) mass is 261 g/mol. The molecule has 0 saturated carbocycles. The van der Waals surface area contributed by atoms with Gasteiger partial charge in [-0.25, -0.2) is 0 Å². The molecule has 0 bridgehead atoms. The number of rotatable bonds is 3. The minimum absolute atomic E-state index is 0.00255. The highest BCUT2D eigenvalue weighted by Gasteiger charge is 2.35. The number of aryl methyl sites for hydroxylation is 1. The van der Waals surface area contributed by atoms with Crippen molar-refractivity contribution in [3.05, 3.63) is 35.4 Å². The maximum absolute atomic E-state index is 12.2. The van der Waals surface area contributed by atoms with Gasteiger partial charge in [-0.15, -0.1) is 0 Å². The minimum atomic E-state index is -0.0381. The molecule has 0 amide bonds. The van der Waals surface area contributed by atoms with Crippen molar-refractivity contribution >= 4 is 5.97 Å². The molecule has 1 aliphatic rings. The third kappa shape index (κ3) is 3.16. The lowest BCUT2D eigenvalue weighted by molar-refractivity contribution is -0.150. The van der Waals surface area contributed by atoms with E-state index in [-0.39, 0.29) is 17.8 Å². The topological polar surface area (TPSA) is 29.5 Å². The number of hydrogen-bond acceptors (Lipinski definition) is 3. The van der Waals surface area contributed by atoms with Crippen LogP contribution in [0.4, 0.5) is 0 Å². The largest absolute Gasteiger partial charge is 0.466 e. The summed E-state index contributed by atoms with van der Waals surface area (Å²) in [4.78, 5) is 14.5. The molecular formula is C16H23NO2. The molecular weight excluding hydrogens is 238 g/mol. The summed E-state index contributed by atoms with van der Waals surface area (Å²) in [6.07, 6.45) is 0.883. The molecule has 3 heteroatoms. The number of hydrogen-bond donors (Lipinski definition) is 0. The molecule has 0 aliphatic carbocycles. The number of benzene rings is 1. The molecule has 1 aliphatic heterocycles. The summed E-state index contributed by atoms with van der Waals surface area (Å²) < 4.78 is 5.25. The van der Waals surface area contributed by atoms with Crippen molar-refractivity contribution in [3.8, 4) is 0 Å². The Labute approximate surface area is 115 Å². The average molecular weight is 261 g/mol. The second kappa shape index (κ2) is 6.20. The highest BCUT2D eigenvalue weighted by Crippen LogP contribution is 2.34. The molecule has 19 heavy (non-hydrogen) atoms. The third-order valence-electron chi connectivity index (χ3n) is 3.99. The lowest BCUT2D eigenvalue weighted by Gasteiger charge is -2.36. The quantitative estimate of drug-likeness (QED) is 0.783. The Bertz CT molecular complexity index is 444. The van der Waals surface area contributed by atoms with Crippen LogP contribution < -0.4 is 0 Å². The van der Waals surface area contributed by atoms with Gasteiger partial charge in [-0.1, -0.05) is 24.3 Å². The number of ether oxygens (including phenoxy) is 1. The van der Waals surface area contributed by atoms with Crippen molar-refractivity contribution in [2.24, 2.45) is 5.92 Å². The predicted molar refractivity (Wildman–Crippen MR) is 76.2 cm³/mol. The molecule has 0 radical (unpaired) electrons. The Morgan fingerprint density at radius 3 is 2.84 bits per heavy atom. The summed E-state index contributed by atoms with van der Waals surface area (Å²) in [5.74, 6) is 0.208. The van der Waals surface area contributed by atoms with Crippen molar-refractivity contribution in [1.29, 1.82) is 0 Å². The SMILES string of the molecule is CCOC(=O)C1CCN(C)CC1c1ccccc1C. The van der Waals surface area contributed by atoms with Crippen LogP contribution in [0.15, 0.2) is 24.3 Å². The van der Waals surface area contributed by atoms with Gasteiger partial charge in [0, 0.05) is 12.5 Å².